The van der Waals surface area contributed by atoms with Crippen molar-refractivity contribution in [2.75, 3.05) is 9.80 Å². The maximum absolute atomic E-state index is 2.70. The highest BCUT2D eigenvalue weighted by Crippen LogP contribution is 2.55. The van der Waals surface area contributed by atoms with Gasteiger partial charge in [-0.3, -0.25) is 0 Å². The molecule has 0 atom stereocenters. The van der Waals surface area contributed by atoms with E-state index < -0.39 is 0 Å². The van der Waals surface area contributed by atoms with E-state index in [9.17, 15) is 0 Å². The zero-order chi connectivity index (χ0) is 67.4. The second-order valence-corrected chi connectivity index (χ2v) is 27.7. The van der Waals surface area contributed by atoms with Gasteiger partial charge in [0.2, 0.25) is 0 Å². The Morgan fingerprint density at radius 1 is 0.204 bits per heavy atom. The monoisotopic (exact) mass is 1300 g/mol. The van der Waals surface area contributed by atoms with Crippen LogP contribution in [0.15, 0.2) is 370 Å². The molecule has 2 aliphatic heterocycles. The topological polar surface area (TPSA) is 16.3 Å². The predicted octanol–water partition coefficient (Wildman–Crippen LogP) is 24.3. The lowest BCUT2D eigenvalue weighted by Gasteiger charge is -2.46. The van der Waals surface area contributed by atoms with Crippen LogP contribution in [0.25, 0.3) is 154 Å². The predicted molar refractivity (Wildman–Crippen MR) is 438 cm³/mol. The second kappa shape index (κ2) is 22.5. The van der Waals surface area contributed by atoms with Gasteiger partial charge in [0.1, 0.15) is 0 Å². The molecule has 22 rings (SSSR count). The normalized spacial score (nSPS) is 12.6. The number of nitrogens with zero attached hydrogens (tertiary/aromatic N) is 4. The van der Waals surface area contributed by atoms with Crippen LogP contribution in [0.1, 0.15) is 0 Å². The summed E-state index contributed by atoms with van der Waals surface area (Å²) < 4.78 is 5.03. The van der Waals surface area contributed by atoms with Gasteiger partial charge >= 0.3 is 0 Å². The summed E-state index contributed by atoms with van der Waals surface area (Å²) in [4.78, 5) is 5.39. The van der Waals surface area contributed by atoms with Crippen molar-refractivity contribution in [2.24, 2.45) is 0 Å². The third kappa shape index (κ3) is 8.48. The zero-order valence-electron chi connectivity index (χ0n) is 56.1. The minimum absolute atomic E-state index is 0.266. The van der Waals surface area contributed by atoms with E-state index in [4.69, 9.17) is 0 Å². The van der Waals surface area contributed by atoms with Crippen molar-refractivity contribution in [3.63, 3.8) is 0 Å². The number of benzene rings is 18. The summed E-state index contributed by atoms with van der Waals surface area (Å²) in [5.41, 5.74) is 28.4. The minimum atomic E-state index is -0.266. The van der Waals surface area contributed by atoms with Gasteiger partial charge in [0.15, 0.2) is 0 Å². The molecule has 0 saturated carbocycles. The van der Waals surface area contributed by atoms with E-state index in [1.807, 2.05) is 0 Å². The Kier molecular flexibility index (Phi) is 12.6. The van der Waals surface area contributed by atoms with Crippen LogP contribution in [-0.2, 0) is 0 Å². The fraction of sp³-hybridized carbons (Fsp3) is 0. The standard InChI is InChI=1S/C98H61BN4/c1-5-26-62(27-6-1)71-40-23-41-72(63-28-7-2-8-29-63)97(71)102-90-58-67(70-54-55-83-81-45-22-35-66-34-21-44-80(94(66)81)82-47-25-46-79(70)95(82)83)52-56-84(90)99-85-57-53-68(100-86-48-17-13-36-75(86)76-37-14-18-49-87(76)100)59-91(85)103(98-73(64-30-9-3-10-31-64)42-24-43-74(98)65-32-11-4-12-33-65)93-61-69(60-92(102)96(93)99)101-88-50-19-15-38-77(88)78-39-16-20-51-89(78)101/h1-61H. The molecule has 0 spiro atoms. The Bertz CT molecular complexity index is 6600. The molecule has 20 aromatic rings. The lowest BCUT2D eigenvalue weighted by atomic mass is 9.33. The van der Waals surface area contributed by atoms with Crippen LogP contribution in [0, 0.1) is 0 Å². The molecule has 0 bridgehead atoms. The fourth-order valence-corrected chi connectivity index (χ4v) is 18.2. The molecule has 0 unspecified atom stereocenters. The molecule has 5 heteroatoms. The number of hydrogen-bond acceptors (Lipinski definition) is 2. The Hall–Kier alpha value is -13.5. The molecule has 4 nitrogen and oxygen atoms in total. The first-order valence-corrected chi connectivity index (χ1v) is 35.8. The molecule has 2 aromatic heterocycles. The van der Waals surface area contributed by atoms with Gasteiger partial charge in [0, 0.05) is 72.2 Å². The maximum Gasteiger partial charge on any atom is 0.252 e. The largest absolute Gasteiger partial charge is 0.310 e. The maximum atomic E-state index is 2.70. The minimum Gasteiger partial charge on any atom is -0.310 e. The van der Waals surface area contributed by atoms with Crippen LogP contribution in [0.2, 0.25) is 0 Å². The van der Waals surface area contributed by atoms with Crippen molar-refractivity contribution in [1.82, 2.24) is 9.13 Å². The van der Waals surface area contributed by atoms with Crippen molar-refractivity contribution in [3.05, 3.63) is 370 Å². The summed E-state index contributed by atoms with van der Waals surface area (Å²) >= 11 is 0. The van der Waals surface area contributed by atoms with Crippen LogP contribution in [0.5, 0.6) is 0 Å². The molecule has 0 radical (unpaired) electrons. The molecule has 0 N–H and O–H groups in total. The molecule has 476 valence electrons. The van der Waals surface area contributed by atoms with Gasteiger partial charge in [0.25, 0.3) is 6.71 Å². The Morgan fingerprint density at radius 3 is 1.02 bits per heavy atom. The van der Waals surface area contributed by atoms with Crippen LogP contribution in [0.4, 0.5) is 34.1 Å². The van der Waals surface area contributed by atoms with E-state index in [0.717, 1.165) is 118 Å². The third-order valence-corrected chi connectivity index (χ3v) is 22.4. The SMILES string of the molecule is c1ccc(-c2cccc(-c3ccccc3)c2N2c3cc(-c4ccc5c6cccc7cccc(c8cccc4c85)c76)ccc3B3c4ccc(-n5c6ccccc6c6ccccc65)cc4N(c4c(-c5ccccc5)cccc4-c4ccccc4)c4cc(-n5c6ccccc6c6ccccc65)cc2c43)cc1. The average molecular weight is 1310 g/mol. The third-order valence-electron chi connectivity index (χ3n) is 22.4. The summed E-state index contributed by atoms with van der Waals surface area (Å²) in [6.45, 7) is -0.266. The van der Waals surface area contributed by atoms with Crippen LogP contribution in [0.3, 0.4) is 0 Å². The van der Waals surface area contributed by atoms with Gasteiger partial charge in [-0.05, 0) is 147 Å². The Morgan fingerprint density at radius 2 is 0.553 bits per heavy atom. The lowest BCUT2D eigenvalue weighted by Crippen LogP contribution is -2.61. The van der Waals surface area contributed by atoms with Crippen molar-refractivity contribution in [2.45, 2.75) is 0 Å². The van der Waals surface area contributed by atoms with Crippen molar-refractivity contribution in [3.8, 4) is 67.0 Å². The van der Waals surface area contributed by atoms with Gasteiger partial charge in [0.05, 0.1) is 39.1 Å². The summed E-state index contributed by atoms with van der Waals surface area (Å²) in [5.74, 6) is 0. The van der Waals surface area contributed by atoms with Gasteiger partial charge < -0.3 is 18.9 Å². The quantitative estimate of drug-likeness (QED) is 0.0814. The molecular formula is C98H61BN4. The Labute approximate surface area is 596 Å². The number of anilines is 6. The average Bonchev–Trinajstić information content (AvgIpc) is 0.869. The Balaban J connectivity index is 0.922. The van der Waals surface area contributed by atoms with Crippen molar-refractivity contribution >= 4 is 144 Å². The molecule has 0 saturated heterocycles. The molecule has 103 heavy (non-hydrogen) atoms. The van der Waals surface area contributed by atoms with Crippen LogP contribution < -0.4 is 26.2 Å². The van der Waals surface area contributed by atoms with Crippen LogP contribution >= 0.6 is 0 Å². The zero-order valence-corrected chi connectivity index (χ0v) is 56.1. The van der Waals surface area contributed by atoms with E-state index >= 15 is 0 Å². The fourth-order valence-electron chi connectivity index (χ4n) is 18.2. The number of fused-ring (bicyclic) bond motifs is 12. The van der Waals surface area contributed by atoms with E-state index in [2.05, 4.69) is 389 Å². The van der Waals surface area contributed by atoms with E-state index in [0.29, 0.717) is 0 Å². The number of rotatable bonds is 9. The summed E-state index contributed by atoms with van der Waals surface area (Å²) in [6.07, 6.45) is 0. The van der Waals surface area contributed by atoms with Crippen molar-refractivity contribution < 1.29 is 0 Å². The number of para-hydroxylation sites is 6. The molecule has 4 heterocycles. The van der Waals surface area contributed by atoms with Crippen molar-refractivity contribution in [1.29, 1.82) is 0 Å². The van der Waals surface area contributed by atoms with Gasteiger partial charge in [-0.2, -0.15) is 0 Å². The summed E-state index contributed by atoms with van der Waals surface area (Å²) in [7, 11) is 0. The van der Waals surface area contributed by atoms with E-state index in [-0.39, 0.29) is 6.71 Å². The first kappa shape index (κ1) is 57.4. The number of hydrogen-bond donors (Lipinski definition) is 0. The molecule has 18 aromatic carbocycles. The molecule has 2 aliphatic rings. The smallest absolute Gasteiger partial charge is 0.252 e. The van der Waals surface area contributed by atoms with Crippen LogP contribution in [-0.4, -0.2) is 15.8 Å². The van der Waals surface area contributed by atoms with Gasteiger partial charge in [-0.25, -0.2) is 0 Å². The van der Waals surface area contributed by atoms with Gasteiger partial charge in [-0.15, -0.1) is 0 Å². The van der Waals surface area contributed by atoms with E-state index in [1.165, 1.54) is 86.6 Å². The highest BCUT2D eigenvalue weighted by molar-refractivity contribution is 7.00. The number of aromatic nitrogens is 2. The first-order chi connectivity index (χ1) is 51.2. The summed E-state index contributed by atoms with van der Waals surface area (Å²) in [5, 5.41) is 15.1. The summed E-state index contributed by atoms with van der Waals surface area (Å²) in [6, 6.07) is 139. The molecular weight excluding hydrogens is 1240 g/mol. The molecule has 0 aliphatic carbocycles. The molecule has 0 fully saturated rings. The first-order valence-electron chi connectivity index (χ1n) is 35.8. The van der Waals surface area contributed by atoms with E-state index in [1.54, 1.807) is 0 Å². The molecule has 0 amide bonds. The lowest BCUT2D eigenvalue weighted by molar-refractivity contribution is 1.15. The van der Waals surface area contributed by atoms with Gasteiger partial charge in [-0.1, -0.05) is 315 Å². The highest BCUT2D eigenvalue weighted by atomic mass is 15.2. The highest BCUT2D eigenvalue weighted by Gasteiger charge is 2.46. The second-order valence-electron chi connectivity index (χ2n) is 27.7.